The van der Waals surface area contributed by atoms with E-state index in [1.54, 1.807) is 0 Å². The second-order valence-electron chi connectivity index (χ2n) is 3.27. The number of nitrogens with zero attached hydrogens (tertiary/aromatic N) is 1. The Labute approximate surface area is 78.6 Å². The summed E-state index contributed by atoms with van der Waals surface area (Å²) < 4.78 is 2.27. The first-order chi connectivity index (χ1) is 6.33. The lowest BCUT2D eigenvalue weighted by atomic mass is 10.1. The van der Waals surface area contributed by atoms with E-state index < -0.39 is 0 Å². The third-order valence-corrected chi connectivity index (χ3v) is 2.56. The summed E-state index contributed by atoms with van der Waals surface area (Å²) >= 11 is 0. The maximum atomic E-state index is 2.27. The Kier molecular flexibility index (Phi) is 2.01. The van der Waals surface area contributed by atoms with Crippen LogP contribution >= 0.6 is 0 Å². The second-order valence-corrected chi connectivity index (χ2v) is 3.27. The number of hydrogen-bond acceptors (Lipinski definition) is 0. The molecule has 0 unspecified atom stereocenters. The highest BCUT2D eigenvalue weighted by atomic mass is 14.9. The van der Waals surface area contributed by atoms with Gasteiger partial charge in [0, 0.05) is 18.4 Å². The minimum Gasteiger partial charge on any atom is -0.202 e. The van der Waals surface area contributed by atoms with Crippen LogP contribution in [-0.4, -0.2) is 0 Å². The Hall–Kier alpha value is -1.37. The number of benzene rings is 1. The minimum absolute atomic E-state index is 1.04. The summed E-state index contributed by atoms with van der Waals surface area (Å²) in [6, 6.07) is 10.7. The molecule has 0 amide bonds. The minimum atomic E-state index is 1.04. The molecule has 0 N–H and O–H groups in total. The van der Waals surface area contributed by atoms with Crippen molar-refractivity contribution in [3.8, 4) is 0 Å². The highest BCUT2D eigenvalue weighted by molar-refractivity contribution is 5.83. The predicted molar refractivity (Wildman–Crippen MR) is 54.6 cm³/mol. The summed E-state index contributed by atoms with van der Waals surface area (Å²) in [5.41, 5.74) is 1.35. The van der Waals surface area contributed by atoms with Gasteiger partial charge in [-0.1, -0.05) is 18.2 Å². The topological polar surface area (TPSA) is 3.88 Å². The molecule has 0 aliphatic heterocycles. The Balaban J connectivity index is 2.79. The lowest BCUT2D eigenvalue weighted by Gasteiger charge is -2.01. The first kappa shape index (κ1) is 8.24. The molecule has 0 atom stereocenters. The fraction of sp³-hybridized carbons (Fsp3) is 0.250. The molecule has 1 nitrogen and oxygen atoms in total. The van der Waals surface area contributed by atoms with Crippen LogP contribution in [0.15, 0.2) is 36.5 Å². The molecule has 0 saturated carbocycles. The first-order valence-electron chi connectivity index (χ1n) is 4.70. The average molecular weight is 172 g/mol. The van der Waals surface area contributed by atoms with E-state index in [0.717, 1.165) is 6.54 Å². The summed E-state index contributed by atoms with van der Waals surface area (Å²) in [7, 11) is 0. The van der Waals surface area contributed by atoms with Crippen molar-refractivity contribution in [3.05, 3.63) is 42.2 Å². The normalized spacial score (nSPS) is 10.6. The highest BCUT2D eigenvalue weighted by Crippen LogP contribution is 2.13. The van der Waals surface area contributed by atoms with Crippen LogP contribution in [0, 0.1) is 6.92 Å². The van der Waals surface area contributed by atoms with E-state index in [4.69, 9.17) is 0 Å². The van der Waals surface area contributed by atoms with Gasteiger partial charge in [-0.15, -0.1) is 0 Å². The Morgan fingerprint density at radius 3 is 2.69 bits per heavy atom. The number of aromatic nitrogens is 1. The van der Waals surface area contributed by atoms with Gasteiger partial charge in [-0.05, 0) is 18.4 Å². The number of hydrogen-bond donors (Lipinski definition) is 0. The summed E-state index contributed by atoms with van der Waals surface area (Å²) in [4.78, 5) is 0. The van der Waals surface area contributed by atoms with Crippen LogP contribution in [0.1, 0.15) is 12.6 Å². The molecule has 0 spiro atoms. The maximum absolute atomic E-state index is 2.27. The quantitative estimate of drug-likeness (QED) is 0.582. The molecule has 0 aliphatic rings. The van der Waals surface area contributed by atoms with Gasteiger partial charge in [-0.2, -0.15) is 0 Å². The Bertz CT molecular complexity index is 432. The van der Waals surface area contributed by atoms with Crippen molar-refractivity contribution in [2.45, 2.75) is 20.4 Å². The van der Waals surface area contributed by atoms with E-state index in [2.05, 4.69) is 54.9 Å². The molecule has 1 aromatic carbocycles. The molecule has 0 bridgehead atoms. The van der Waals surface area contributed by atoms with Crippen molar-refractivity contribution in [1.82, 2.24) is 0 Å². The van der Waals surface area contributed by atoms with Crippen molar-refractivity contribution in [2.24, 2.45) is 0 Å². The molecule has 0 aliphatic carbocycles. The van der Waals surface area contributed by atoms with Crippen LogP contribution in [0.25, 0.3) is 10.8 Å². The van der Waals surface area contributed by atoms with Crippen LogP contribution in [0.4, 0.5) is 0 Å². The number of rotatable bonds is 1. The predicted octanol–water partition coefficient (Wildman–Crippen LogP) is 2.46. The molecule has 1 heteroatoms. The van der Waals surface area contributed by atoms with E-state index in [-0.39, 0.29) is 0 Å². The fourth-order valence-electron chi connectivity index (χ4n) is 1.75. The van der Waals surface area contributed by atoms with Crippen LogP contribution in [-0.2, 0) is 6.54 Å². The van der Waals surface area contributed by atoms with Gasteiger partial charge < -0.3 is 0 Å². The average Bonchev–Trinajstić information content (AvgIpc) is 2.19. The van der Waals surface area contributed by atoms with Gasteiger partial charge in [0.15, 0.2) is 11.9 Å². The zero-order valence-electron chi connectivity index (χ0n) is 8.12. The van der Waals surface area contributed by atoms with Gasteiger partial charge in [0.2, 0.25) is 0 Å². The molecule has 66 valence electrons. The van der Waals surface area contributed by atoms with E-state index >= 15 is 0 Å². The van der Waals surface area contributed by atoms with Gasteiger partial charge >= 0.3 is 0 Å². The van der Waals surface area contributed by atoms with Crippen LogP contribution in [0.5, 0.6) is 0 Å². The third-order valence-electron chi connectivity index (χ3n) is 2.56. The number of fused-ring (bicyclic) bond motifs is 1. The molecular weight excluding hydrogens is 158 g/mol. The van der Waals surface area contributed by atoms with Gasteiger partial charge in [0.05, 0.1) is 0 Å². The Morgan fingerprint density at radius 1 is 1.15 bits per heavy atom. The summed E-state index contributed by atoms with van der Waals surface area (Å²) in [5, 5.41) is 2.68. The largest absolute Gasteiger partial charge is 0.202 e. The van der Waals surface area contributed by atoms with Crippen molar-refractivity contribution >= 4 is 10.8 Å². The third kappa shape index (κ3) is 1.31. The summed E-state index contributed by atoms with van der Waals surface area (Å²) in [5.74, 6) is 0. The van der Waals surface area contributed by atoms with Crippen LogP contribution in [0.2, 0.25) is 0 Å². The van der Waals surface area contributed by atoms with E-state index in [1.807, 2.05) is 0 Å². The molecule has 1 heterocycles. The molecule has 1 aromatic heterocycles. The highest BCUT2D eigenvalue weighted by Gasteiger charge is 2.06. The molecule has 0 saturated heterocycles. The lowest BCUT2D eigenvalue weighted by Crippen LogP contribution is -2.35. The van der Waals surface area contributed by atoms with Crippen molar-refractivity contribution < 1.29 is 4.57 Å². The smallest absolute Gasteiger partial charge is 0.186 e. The summed E-state index contributed by atoms with van der Waals surface area (Å²) in [6.45, 7) is 5.38. The molecule has 0 radical (unpaired) electrons. The van der Waals surface area contributed by atoms with E-state index in [9.17, 15) is 0 Å². The second kappa shape index (κ2) is 3.17. The van der Waals surface area contributed by atoms with Gasteiger partial charge in [-0.3, -0.25) is 0 Å². The Morgan fingerprint density at radius 2 is 1.92 bits per heavy atom. The monoisotopic (exact) mass is 172 g/mol. The molecule has 2 rings (SSSR count). The van der Waals surface area contributed by atoms with Crippen molar-refractivity contribution in [2.75, 3.05) is 0 Å². The maximum Gasteiger partial charge on any atom is 0.186 e. The number of pyridine rings is 1. The standard InChI is InChI=1S/C12H14N/c1-3-13-9-8-11-6-4-5-7-12(11)10(13)2/h4-9H,3H2,1-2H3/q+1. The molecule has 13 heavy (non-hydrogen) atoms. The van der Waals surface area contributed by atoms with Crippen molar-refractivity contribution in [3.63, 3.8) is 0 Å². The summed E-state index contributed by atoms with van der Waals surface area (Å²) in [6.07, 6.45) is 2.15. The van der Waals surface area contributed by atoms with E-state index in [1.165, 1.54) is 16.5 Å². The lowest BCUT2D eigenvalue weighted by molar-refractivity contribution is -0.698. The zero-order chi connectivity index (χ0) is 9.26. The van der Waals surface area contributed by atoms with Crippen molar-refractivity contribution in [1.29, 1.82) is 0 Å². The SMILES string of the molecule is CC[n+]1ccc2ccccc2c1C. The van der Waals surface area contributed by atoms with Crippen LogP contribution in [0.3, 0.4) is 0 Å². The van der Waals surface area contributed by atoms with E-state index in [0.29, 0.717) is 0 Å². The molecule has 2 aromatic rings. The fourth-order valence-corrected chi connectivity index (χ4v) is 1.75. The van der Waals surface area contributed by atoms with Gasteiger partial charge in [-0.25, -0.2) is 4.57 Å². The molecule has 0 fully saturated rings. The first-order valence-corrected chi connectivity index (χ1v) is 4.70. The van der Waals surface area contributed by atoms with Crippen LogP contribution < -0.4 is 4.57 Å². The molecular formula is C12H14N+. The van der Waals surface area contributed by atoms with Gasteiger partial charge in [0.1, 0.15) is 6.54 Å². The number of aryl methyl sites for hydroxylation is 2. The zero-order valence-corrected chi connectivity index (χ0v) is 8.12. The van der Waals surface area contributed by atoms with Gasteiger partial charge in [0.25, 0.3) is 0 Å².